The van der Waals surface area contributed by atoms with Gasteiger partial charge in [0.25, 0.3) is 10.1 Å². The molecule has 1 N–H and O–H groups in total. The molecule has 0 atom stereocenters. The molecule has 1 aliphatic carbocycles. The van der Waals surface area contributed by atoms with Crippen molar-refractivity contribution in [1.82, 2.24) is 0 Å². The van der Waals surface area contributed by atoms with Gasteiger partial charge in [0, 0.05) is 0 Å². The van der Waals surface area contributed by atoms with Crippen molar-refractivity contribution in [2.24, 2.45) is 0 Å². The zero-order chi connectivity index (χ0) is 12.3. The van der Waals surface area contributed by atoms with Crippen molar-refractivity contribution < 1.29 is 22.5 Å². The molecular weight excluding hydrogens is 347 g/mol. The first-order valence-corrected chi connectivity index (χ1v) is 7.40. The van der Waals surface area contributed by atoms with Crippen LogP contribution in [-0.2, 0) is 19.6 Å². The monoisotopic (exact) mass is 360 g/mol. The highest BCUT2D eigenvalue weighted by Crippen LogP contribution is 2.26. The Hall–Kier alpha value is -0.150. The van der Waals surface area contributed by atoms with E-state index in [0.717, 1.165) is 0 Å². The smallest absolute Gasteiger partial charge is 0.344 e. The number of hydrogen-bond acceptors (Lipinski definition) is 4. The molecule has 1 rings (SSSR count). The van der Waals surface area contributed by atoms with E-state index in [2.05, 4.69) is 6.58 Å². The van der Waals surface area contributed by atoms with Gasteiger partial charge in [-0.25, -0.2) is 4.79 Å². The van der Waals surface area contributed by atoms with Crippen LogP contribution in [0.25, 0.3) is 0 Å². The average Bonchev–Trinajstić information content (AvgIpc) is 2.17. The van der Waals surface area contributed by atoms with E-state index in [9.17, 15) is 13.2 Å². The van der Waals surface area contributed by atoms with E-state index < -0.39 is 21.3 Å². The normalized spacial score (nSPS) is 26.1. The van der Waals surface area contributed by atoms with Crippen LogP contribution in [0.2, 0.25) is 0 Å². The van der Waals surface area contributed by atoms with E-state index in [1.807, 2.05) is 0 Å². The van der Waals surface area contributed by atoms with Crippen LogP contribution in [0, 0.1) is 0 Å². The molecule has 0 aromatic rings. The molecule has 0 aromatic heterocycles. The lowest BCUT2D eigenvalue weighted by molar-refractivity contribution is -0.144. The minimum absolute atomic E-state index is 0.267. The Morgan fingerprint density at radius 3 is 2.19 bits per heavy atom. The van der Waals surface area contributed by atoms with Gasteiger partial charge in [-0.1, -0.05) is 6.58 Å². The quantitative estimate of drug-likeness (QED) is 0.359. The number of ether oxygens (including phenoxy) is 1. The van der Waals surface area contributed by atoms with Crippen molar-refractivity contribution in [3.63, 3.8) is 0 Å². The molecule has 1 saturated carbocycles. The molecule has 1 fully saturated rings. The van der Waals surface area contributed by atoms with Crippen molar-refractivity contribution in [2.75, 3.05) is 0 Å². The topological polar surface area (TPSA) is 80.7 Å². The van der Waals surface area contributed by atoms with Crippen LogP contribution in [0.4, 0.5) is 0 Å². The number of carbonyl (C=O) groups excluding carboxylic acids is 1. The summed E-state index contributed by atoms with van der Waals surface area (Å²) in [6.07, 6.45) is 1.30. The van der Waals surface area contributed by atoms with Crippen LogP contribution in [0.15, 0.2) is 10.2 Å². The van der Waals surface area contributed by atoms with Gasteiger partial charge in [-0.05, 0) is 48.3 Å². The van der Waals surface area contributed by atoms with E-state index in [1.165, 1.54) is 0 Å². The third-order valence-corrected chi connectivity index (χ3v) is 4.29. The van der Waals surface area contributed by atoms with E-state index in [4.69, 9.17) is 9.29 Å². The van der Waals surface area contributed by atoms with Crippen LogP contribution in [0.3, 0.4) is 0 Å². The molecule has 0 aromatic carbocycles. The molecule has 0 radical (unpaired) electrons. The number of rotatable bonds is 3. The Morgan fingerprint density at radius 1 is 1.31 bits per heavy atom. The second-order valence-corrected chi connectivity index (χ2v) is 6.72. The molecule has 0 spiro atoms. The Labute approximate surface area is 108 Å². The van der Waals surface area contributed by atoms with Crippen molar-refractivity contribution in [1.29, 1.82) is 0 Å². The molecule has 5 nitrogen and oxygen atoms in total. The van der Waals surface area contributed by atoms with Crippen molar-refractivity contribution in [3.05, 3.63) is 10.2 Å². The highest BCUT2D eigenvalue weighted by molar-refractivity contribution is 14.1. The zero-order valence-corrected chi connectivity index (χ0v) is 11.5. The van der Waals surface area contributed by atoms with E-state index in [-0.39, 0.29) is 6.10 Å². The highest BCUT2D eigenvalue weighted by Gasteiger charge is 2.31. The van der Waals surface area contributed by atoms with Gasteiger partial charge >= 0.3 is 5.97 Å². The summed E-state index contributed by atoms with van der Waals surface area (Å²) in [5.41, 5.74) is 0. The van der Waals surface area contributed by atoms with E-state index >= 15 is 0 Å². The van der Waals surface area contributed by atoms with Gasteiger partial charge < -0.3 is 4.74 Å². The molecule has 0 heterocycles. The summed E-state index contributed by atoms with van der Waals surface area (Å²) >= 11 is 1.78. The molecule has 0 bridgehead atoms. The van der Waals surface area contributed by atoms with Crippen molar-refractivity contribution in [2.45, 2.75) is 37.0 Å². The second kappa shape index (κ2) is 5.46. The molecule has 0 unspecified atom stereocenters. The highest BCUT2D eigenvalue weighted by atomic mass is 127. The van der Waals surface area contributed by atoms with Gasteiger partial charge in [0.05, 0.1) is 8.83 Å². The summed E-state index contributed by atoms with van der Waals surface area (Å²) in [5, 5.41) is -0.717. The lowest BCUT2D eigenvalue weighted by atomic mass is 9.97. The van der Waals surface area contributed by atoms with Crippen LogP contribution in [0.1, 0.15) is 25.7 Å². The fourth-order valence-corrected chi connectivity index (χ4v) is 2.66. The Morgan fingerprint density at radius 2 is 1.81 bits per heavy atom. The summed E-state index contributed by atoms with van der Waals surface area (Å²) in [6.45, 7) is 3.45. The summed E-state index contributed by atoms with van der Waals surface area (Å²) in [7, 11) is -3.95. The van der Waals surface area contributed by atoms with Crippen molar-refractivity contribution in [3.8, 4) is 0 Å². The number of esters is 1. The predicted molar refractivity (Wildman–Crippen MR) is 66.8 cm³/mol. The maximum Gasteiger partial charge on any atom is 0.344 e. The fraction of sp³-hybridized carbons (Fsp3) is 0.667. The summed E-state index contributed by atoms with van der Waals surface area (Å²) < 4.78 is 36.0. The Balaban J connectivity index is 2.44. The molecule has 92 valence electrons. The molecule has 1 aliphatic rings. The first-order valence-electron chi connectivity index (χ1n) is 4.82. The molecule has 0 saturated heterocycles. The predicted octanol–water partition coefficient (Wildman–Crippen LogP) is 1.68. The fourth-order valence-electron chi connectivity index (χ4n) is 1.66. The van der Waals surface area contributed by atoms with E-state index in [0.29, 0.717) is 29.3 Å². The van der Waals surface area contributed by atoms with E-state index in [1.54, 1.807) is 22.6 Å². The van der Waals surface area contributed by atoms with Gasteiger partial charge in [0.1, 0.15) is 6.10 Å². The maximum absolute atomic E-state index is 11.2. The number of halogens is 1. The van der Waals surface area contributed by atoms with Gasteiger partial charge in [-0.2, -0.15) is 8.42 Å². The van der Waals surface area contributed by atoms with Crippen LogP contribution >= 0.6 is 22.6 Å². The van der Waals surface area contributed by atoms with Gasteiger partial charge in [0.2, 0.25) is 0 Å². The standard InChI is InChI=1S/C9H13IO5S/c1-6(10)9(11)15-7-2-4-8(5-3-7)16(12,13)14/h7-8H,1-5H2,(H,12,13,14). The third kappa shape index (κ3) is 4.02. The first-order chi connectivity index (χ1) is 7.30. The molecule has 7 heteroatoms. The van der Waals surface area contributed by atoms with Crippen LogP contribution in [0.5, 0.6) is 0 Å². The minimum atomic E-state index is -3.95. The summed E-state index contributed by atoms with van der Waals surface area (Å²) in [6, 6.07) is 0. The van der Waals surface area contributed by atoms with Crippen LogP contribution < -0.4 is 0 Å². The van der Waals surface area contributed by atoms with Crippen LogP contribution in [-0.4, -0.2) is 30.3 Å². The maximum atomic E-state index is 11.2. The largest absolute Gasteiger partial charge is 0.458 e. The molecule has 16 heavy (non-hydrogen) atoms. The summed E-state index contributed by atoms with van der Waals surface area (Å²) in [5.74, 6) is -0.462. The lowest BCUT2D eigenvalue weighted by Gasteiger charge is -2.26. The average molecular weight is 360 g/mol. The molecule has 0 aliphatic heterocycles. The molecule has 0 amide bonds. The SMILES string of the molecule is C=C(I)C(=O)OC1CCC(S(=O)(=O)O)CC1. The number of hydrogen-bond donors (Lipinski definition) is 1. The zero-order valence-electron chi connectivity index (χ0n) is 8.56. The molecular formula is C9H13IO5S. The van der Waals surface area contributed by atoms with Gasteiger partial charge in [-0.3, -0.25) is 4.55 Å². The Kier molecular flexibility index (Phi) is 4.74. The Bertz CT molecular complexity index is 381. The third-order valence-electron chi connectivity index (χ3n) is 2.54. The minimum Gasteiger partial charge on any atom is -0.458 e. The first kappa shape index (κ1) is 13.9. The number of carbonyl (C=O) groups is 1. The van der Waals surface area contributed by atoms with Crippen molar-refractivity contribution >= 4 is 38.7 Å². The second-order valence-electron chi connectivity index (χ2n) is 3.72. The summed E-state index contributed by atoms with van der Waals surface area (Å²) in [4.78, 5) is 11.2. The van der Waals surface area contributed by atoms with Gasteiger partial charge in [-0.15, -0.1) is 0 Å². The van der Waals surface area contributed by atoms with Gasteiger partial charge in [0.15, 0.2) is 0 Å². The lowest BCUT2D eigenvalue weighted by Crippen LogP contribution is -2.31.